The summed E-state index contributed by atoms with van der Waals surface area (Å²) < 4.78 is 5.29. The van der Waals surface area contributed by atoms with Gasteiger partial charge in [-0.25, -0.2) is 9.97 Å². The van der Waals surface area contributed by atoms with Gasteiger partial charge in [0.25, 0.3) is 5.91 Å². The first-order valence-corrected chi connectivity index (χ1v) is 9.03. The molecule has 2 fully saturated rings. The molecule has 0 aliphatic heterocycles. The number of anilines is 3. The third kappa shape index (κ3) is 3.62. The molecule has 26 heavy (non-hydrogen) atoms. The first-order chi connectivity index (χ1) is 12.6. The van der Waals surface area contributed by atoms with E-state index < -0.39 is 5.91 Å². The van der Waals surface area contributed by atoms with Crippen LogP contribution in [-0.2, 0) is 0 Å². The monoisotopic (exact) mass is 357 g/mol. The van der Waals surface area contributed by atoms with Crippen molar-refractivity contribution in [2.24, 2.45) is 11.5 Å². The van der Waals surface area contributed by atoms with Gasteiger partial charge >= 0.3 is 0 Å². The smallest absolute Gasteiger partial charge is 0.271 e. The maximum absolute atomic E-state index is 11.7. The summed E-state index contributed by atoms with van der Waals surface area (Å²) in [5.41, 5.74) is 12.6. The number of nitrogens with two attached hydrogens (primary N) is 2. The van der Waals surface area contributed by atoms with E-state index in [2.05, 4.69) is 25.8 Å². The number of hydrogen-bond donors (Lipinski definition) is 4. The van der Waals surface area contributed by atoms with Crippen LogP contribution in [0.5, 0.6) is 0 Å². The first-order valence-electron chi connectivity index (χ1n) is 9.03. The number of aromatic nitrogens is 3. The van der Waals surface area contributed by atoms with Crippen molar-refractivity contribution in [3.8, 4) is 0 Å². The van der Waals surface area contributed by atoms with Crippen LogP contribution in [0.2, 0.25) is 0 Å². The van der Waals surface area contributed by atoms with E-state index in [1.807, 2.05) is 6.07 Å². The molecular weight excluding hydrogens is 334 g/mol. The summed E-state index contributed by atoms with van der Waals surface area (Å²) in [5.74, 6) is 1.00. The highest BCUT2D eigenvalue weighted by molar-refractivity contribution is 5.96. The fourth-order valence-corrected chi connectivity index (χ4v) is 3.29. The molecule has 2 aromatic rings. The molecule has 0 bridgehead atoms. The summed E-state index contributed by atoms with van der Waals surface area (Å²) in [5, 5.41) is 10.3. The lowest BCUT2D eigenvalue weighted by molar-refractivity contribution is 0.0996. The van der Waals surface area contributed by atoms with Crippen LogP contribution in [0.25, 0.3) is 0 Å². The van der Waals surface area contributed by atoms with Gasteiger partial charge in [0.15, 0.2) is 11.5 Å². The van der Waals surface area contributed by atoms with Crippen molar-refractivity contribution in [2.75, 3.05) is 10.6 Å². The molecule has 1 amide bonds. The molecule has 9 heteroatoms. The van der Waals surface area contributed by atoms with E-state index in [-0.39, 0.29) is 23.6 Å². The van der Waals surface area contributed by atoms with E-state index in [4.69, 9.17) is 16.0 Å². The van der Waals surface area contributed by atoms with Crippen LogP contribution in [0.3, 0.4) is 0 Å². The zero-order valence-corrected chi connectivity index (χ0v) is 14.4. The minimum absolute atomic E-state index is 0.0489. The highest BCUT2D eigenvalue weighted by Crippen LogP contribution is 2.40. The third-order valence-electron chi connectivity index (χ3n) is 4.92. The van der Waals surface area contributed by atoms with Gasteiger partial charge < -0.3 is 26.6 Å². The molecule has 0 spiro atoms. The third-order valence-corrected chi connectivity index (χ3v) is 4.92. The lowest BCUT2D eigenvalue weighted by atomic mass is 9.91. The second-order valence-corrected chi connectivity index (χ2v) is 7.03. The Bertz CT molecular complexity index is 802. The maximum atomic E-state index is 11.7. The summed E-state index contributed by atoms with van der Waals surface area (Å²) in [7, 11) is 0. The molecule has 0 saturated heterocycles. The number of rotatable bonds is 6. The Morgan fingerprint density at radius 2 is 2.04 bits per heavy atom. The topological polar surface area (TPSA) is 145 Å². The van der Waals surface area contributed by atoms with E-state index in [0.717, 1.165) is 44.2 Å². The minimum Gasteiger partial charge on any atom is -0.364 e. The van der Waals surface area contributed by atoms with Gasteiger partial charge in [-0.3, -0.25) is 4.79 Å². The predicted octanol–water partition coefficient (Wildman–Crippen LogP) is 1.87. The number of carbonyl (C=O) groups is 1. The average molecular weight is 357 g/mol. The van der Waals surface area contributed by atoms with Gasteiger partial charge in [0.2, 0.25) is 5.88 Å². The Morgan fingerprint density at radius 1 is 1.23 bits per heavy atom. The Morgan fingerprint density at radius 3 is 2.77 bits per heavy atom. The fourth-order valence-electron chi connectivity index (χ4n) is 3.29. The van der Waals surface area contributed by atoms with Crippen molar-refractivity contribution in [3.05, 3.63) is 23.7 Å². The van der Waals surface area contributed by atoms with Crippen LogP contribution >= 0.6 is 0 Å². The highest BCUT2D eigenvalue weighted by atomic mass is 16.5. The van der Waals surface area contributed by atoms with Crippen molar-refractivity contribution in [1.82, 2.24) is 15.1 Å². The van der Waals surface area contributed by atoms with Gasteiger partial charge in [0.05, 0.1) is 11.9 Å². The zero-order chi connectivity index (χ0) is 18.1. The van der Waals surface area contributed by atoms with E-state index in [0.29, 0.717) is 17.6 Å². The molecule has 2 atom stereocenters. The average Bonchev–Trinajstić information content (AvgIpc) is 3.37. The van der Waals surface area contributed by atoms with Crippen LogP contribution in [0, 0.1) is 0 Å². The lowest BCUT2D eigenvalue weighted by Gasteiger charge is -2.29. The zero-order valence-electron chi connectivity index (χ0n) is 14.4. The number of carbonyl (C=O) groups excluding carboxylic acids is 1. The number of hydrogen-bond acceptors (Lipinski definition) is 8. The van der Waals surface area contributed by atoms with Crippen molar-refractivity contribution in [1.29, 1.82) is 0 Å². The van der Waals surface area contributed by atoms with E-state index >= 15 is 0 Å². The molecule has 4 rings (SSSR count). The van der Waals surface area contributed by atoms with Crippen LogP contribution < -0.4 is 22.1 Å². The molecule has 2 aromatic heterocycles. The predicted molar refractivity (Wildman–Crippen MR) is 96.2 cm³/mol. The first kappa shape index (κ1) is 16.8. The fraction of sp³-hybridized carbons (Fsp3) is 0.529. The summed E-state index contributed by atoms with van der Waals surface area (Å²) in [6.07, 6.45) is 7.99. The minimum atomic E-state index is -0.664. The van der Waals surface area contributed by atoms with Gasteiger partial charge in [0, 0.05) is 24.1 Å². The van der Waals surface area contributed by atoms with Crippen LogP contribution in [0.4, 0.5) is 17.5 Å². The summed E-state index contributed by atoms with van der Waals surface area (Å²) in [6, 6.07) is 2.03. The SMILES string of the molecule is NC(=O)c1ncc(N[C@@H]2CCCC[C@@H]2N)nc1Nc1cc(C2CC2)no1. The van der Waals surface area contributed by atoms with E-state index in [1.54, 1.807) is 0 Å². The van der Waals surface area contributed by atoms with Crippen molar-refractivity contribution in [2.45, 2.75) is 56.5 Å². The van der Waals surface area contributed by atoms with Crippen LogP contribution in [0.15, 0.2) is 16.8 Å². The Kier molecular flexibility index (Phi) is 4.46. The standard InChI is InChI=1S/C17H23N7O2/c18-10-3-1-2-4-11(10)21-13-8-20-15(16(19)25)17(22-13)23-14-7-12(24-26-14)9-5-6-9/h7-11H,1-6,18H2,(H2,19,25)(H2,21,22,23)/t10-,11+/m0/s1. The van der Waals surface area contributed by atoms with E-state index in [1.165, 1.54) is 6.20 Å². The maximum Gasteiger partial charge on any atom is 0.271 e. The molecule has 2 heterocycles. The Balaban J connectivity index is 1.55. The van der Waals surface area contributed by atoms with Crippen molar-refractivity contribution >= 4 is 23.4 Å². The van der Waals surface area contributed by atoms with Crippen molar-refractivity contribution in [3.63, 3.8) is 0 Å². The molecule has 2 aliphatic rings. The number of primary amides is 1. The number of amides is 1. The van der Waals surface area contributed by atoms with E-state index in [9.17, 15) is 4.79 Å². The van der Waals surface area contributed by atoms with Gasteiger partial charge in [-0.2, -0.15) is 0 Å². The molecule has 0 aromatic carbocycles. The normalized spacial score (nSPS) is 22.8. The summed E-state index contributed by atoms with van der Waals surface area (Å²) >= 11 is 0. The second-order valence-electron chi connectivity index (χ2n) is 7.03. The Hall–Kier alpha value is -2.68. The molecule has 6 N–H and O–H groups in total. The summed E-state index contributed by atoms with van der Waals surface area (Å²) in [4.78, 5) is 20.3. The van der Waals surface area contributed by atoms with Crippen molar-refractivity contribution < 1.29 is 9.32 Å². The molecule has 9 nitrogen and oxygen atoms in total. The van der Waals surface area contributed by atoms with Gasteiger partial charge in [-0.05, 0) is 25.7 Å². The second kappa shape index (κ2) is 6.91. The molecule has 2 saturated carbocycles. The molecular formula is C17H23N7O2. The van der Waals surface area contributed by atoms with Gasteiger partial charge in [0.1, 0.15) is 5.82 Å². The van der Waals surface area contributed by atoms with Gasteiger partial charge in [-0.15, -0.1) is 0 Å². The lowest BCUT2D eigenvalue weighted by Crippen LogP contribution is -2.42. The van der Waals surface area contributed by atoms with Gasteiger partial charge in [-0.1, -0.05) is 18.0 Å². The molecule has 138 valence electrons. The largest absolute Gasteiger partial charge is 0.364 e. The number of nitrogens with zero attached hydrogens (tertiary/aromatic N) is 3. The van der Waals surface area contributed by atoms with Crippen LogP contribution in [0.1, 0.15) is 60.6 Å². The summed E-state index contributed by atoms with van der Waals surface area (Å²) in [6.45, 7) is 0. The highest BCUT2D eigenvalue weighted by Gasteiger charge is 2.27. The quantitative estimate of drug-likeness (QED) is 0.613. The van der Waals surface area contributed by atoms with Crippen LogP contribution in [-0.4, -0.2) is 33.1 Å². The molecule has 0 radical (unpaired) electrons. The molecule has 2 aliphatic carbocycles. The molecule has 0 unspecified atom stereocenters. The Labute approximate surface area is 150 Å². The number of nitrogens with one attached hydrogen (secondary N) is 2.